The van der Waals surface area contributed by atoms with Gasteiger partial charge in [-0.15, -0.1) is 0 Å². The van der Waals surface area contributed by atoms with Crippen molar-refractivity contribution in [1.29, 1.82) is 0 Å². The average Bonchev–Trinajstić information content (AvgIpc) is 2.65. The van der Waals surface area contributed by atoms with Crippen LogP contribution in [0, 0.1) is 0 Å². The van der Waals surface area contributed by atoms with Crippen molar-refractivity contribution in [1.82, 2.24) is 4.90 Å². The number of nitrogens with zero attached hydrogens (tertiary/aromatic N) is 1. The first-order valence-corrected chi connectivity index (χ1v) is 8.23. The summed E-state index contributed by atoms with van der Waals surface area (Å²) in [4.78, 5) is 13.2. The molecule has 0 radical (unpaired) electrons. The standard InChI is InChI=1S/C20H23NO3/c1-23-19-11-17-8-10-21(13-18(17)12-20(19)24-2)9-7-15-3-5-16(14-22)6-4-15/h3-6,11-12,14H,7-10,13H2,1-2H3. The molecule has 126 valence electrons. The van der Waals surface area contributed by atoms with Crippen LogP contribution in [0.3, 0.4) is 0 Å². The molecule has 0 saturated heterocycles. The molecule has 0 fully saturated rings. The third-order valence-corrected chi connectivity index (χ3v) is 4.63. The number of fused-ring (bicyclic) bond motifs is 1. The van der Waals surface area contributed by atoms with E-state index in [-0.39, 0.29) is 0 Å². The van der Waals surface area contributed by atoms with E-state index in [0.717, 1.165) is 55.8 Å². The second kappa shape index (κ2) is 7.49. The molecule has 1 aliphatic rings. The van der Waals surface area contributed by atoms with Gasteiger partial charge in [-0.2, -0.15) is 0 Å². The Morgan fingerprint density at radius 3 is 2.33 bits per heavy atom. The van der Waals surface area contributed by atoms with Crippen LogP contribution in [0.15, 0.2) is 36.4 Å². The molecular formula is C20H23NO3. The number of hydrogen-bond acceptors (Lipinski definition) is 4. The molecule has 4 nitrogen and oxygen atoms in total. The van der Waals surface area contributed by atoms with E-state index in [9.17, 15) is 4.79 Å². The van der Waals surface area contributed by atoms with Crippen molar-refractivity contribution < 1.29 is 14.3 Å². The van der Waals surface area contributed by atoms with Gasteiger partial charge in [0.2, 0.25) is 0 Å². The molecule has 24 heavy (non-hydrogen) atoms. The Morgan fingerprint density at radius 1 is 1.04 bits per heavy atom. The maximum Gasteiger partial charge on any atom is 0.161 e. The first-order chi connectivity index (χ1) is 11.7. The maximum atomic E-state index is 10.7. The Balaban J connectivity index is 1.64. The lowest BCUT2D eigenvalue weighted by Gasteiger charge is -2.29. The number of ether oxygens (including phenoxy) is 2. The van der Waals surface area contributed by atoms with Gasteiger partial charge in [0.05, 0.1) is 14.2 Å². The van der Waals surface area contributed by atoms with Crippen molar-refractivity contribution in [3.63, 3.8) is 0 Å². The van der Waals surface area contributed by atoms with Gasteiger partial charge in [-0.05, 0) is 41.7 Å². The van der Waals surface area contributed by atoms with Crippen molar-refractivity contribution in [2.75, 3.05) is 27.3 Å². The summed E-state index contributed by atoms with van der Waals surface area (Å²) in [5, 5.41) is 0. The molecule has 0 unspecified atom stereocenters. The van der Waals surface area contributed by atoms with Crippen LogP contribution in [0.2, 0.25) is 0 Å². The topological polar surface area (TPSA) is 38.8 Å². The molecular weight excluding hydrogens is 302 g/mol. The van der Waals surface area contributed by atoms with Gasteiger partial charge in [-0.3, -0.25) is 9.69 Å². The van der Waals surface area contributed by atoms with Crippen LogP contribution in [0.1, 0.15) is 27.0 Å². The predicted molar refractivity (Wildman–Crippen MR) is 94.1 cm³/mol. The van der Waals surface area contributed by atoms with Crippen LogP contribution in [0.25, 0.3) is 0 Å². The first-order valence-electron chi connectivity index (χ1n) is 8.23. The Morgan fingerprint density at radius 2 is 1.71 bits per heavy atom. The van der Waals surface area contributed by atoms with Crippen molar-refractivity contribution in [2.24, 2.45) is 0 Å². The highest BCUT2D eigenvalue weighted by atomic mass is 16.5. The van der Waals surface area contributed by atoms with Gasteiger partial charge in [-0.25, -0.2) is 0 Å². The molecule has 1 aliphatic heterocycles. The highest BCUT2D eigenvalue weighted by Gasteiger charge is 2.19. The van der Waals surface area contributed by atoms with Crippen LogP contribution in [0.5, 0.6) is 11.5 Å². The SMILES string of the molecule is COc1cc2c(cc1OC)CN(CCc1ccc(C=O)cc1)CC2. The zero-order valence-corrected chi connectivity index (χ0v) is 14.2. The fraction of sp³-hybridized carbons (Fsp3) is 0.350. The minimum Gasteiger partial charge on any atom is -0.493 e. The fourth-order valence-electron chi connectivity index (χ4n) is 3.18. The molecule has 0 atom stereocenters. The first kappa shape index (κ1) is 16.5. The van der Waals surface area contributed by atoms with E-state index in [1.165, 1.54) is 16.7 Å². The fourth-order valence-corrected chi connectivity index (χ4v) is 3.18. The highest BCUT2D eigenvalue weighted by Crippen LogP contribution is 2.33. The highest BCUT2D eigenvalue weighted by molar-refractivity contribution is 5.74. The van der Waals surface area contributed by atoms with Gasteiger partial charge < -0.3 is 9.47 Å². The lowest BCUT2D eigenvalue weighted by molar-refractivity contribution is 0.112. The van der Waals surface area contributed by atoms with E-state index >= 15 is 0 Å². The summed E-state index contributed by atoms with van der Waals surface area (Å²) in [5.41, 5.74) is 4.65. The molecule has 0 N–H and O–H groups in total. The quantitative estimate of drug-likeness (QED) is 0.765. The van der Waals surface area contributed by atoms with Gasteiger partial charge >= 0.3 is 0 Å². The molecule has 3 rings (SSSR count). The van der Waals surface area contributed by atoms with Gasteiger partial charge in [0.25, 0.3) is 0 Å². The second-order valence-corrected chi connectivity index (χ2v) is 6.11. The largest absolute Gasteiger partial charge is 0.493 e. The van der Waals surface area contributed by atoms with E-state index in [1.807, 2.05) is 24.3 Å². The van der Waals surface area contributed by atoms with Gasteiger partial charge in [0, 0.05) is 25.2 Å². The summed E-state index contributed by atoms with van der Waals surface area (Å²) in [6, 6.07) is 12.0. The summed E-state index contributed by atoms with van der Waals surface area (Å²) in [6.45, 7) is 2.99. The third kappa shape index (κ3) is 3.60. The molecule has 0 aromatic heterocycles. The van der Waals surface area contributed by atoms with Crippen molar-refractivity contribution in [3.05, 3.63) is 58.7 Å². The predicted octanol–water partition coefficient (Wildman–Crippen LogP) is 3.12. The smallest absolute Gasteiger partial charge is 0.161 e. The number of carbonyl (C=O) groups excluding carboxylic acids is 1. The minimum absolute atomic E-state index is 0.728. The van der Waals surface area contributed by atoms with E-state index in [2.05, 4.69) is 17.0 Å². The van der Waals surface area contributed by atoms with E-state index in [1.54, 1.807) is 14.2 Å². The van der Waals surface area contributed by atoms with Crippen molar-refractivity contribution in [3.8, 4) is 11.5 Å². The van der Waals surface area contributed by atoms with Crippen LogP contribution in [0.4, 0.5) is 0 Å². The van der Waals surface area contributed by atoms with Crippen LogP contribution >= 0.6 is 0 Å². The number of carbonyl (C=O) groups is 1. The van der Waals surface area contributed by atoms with E-state index < -0.39 is 0 Å². The summed E-state index contributed by atoms with van der Waals surface area (Å²) < 4.78 is 10.8. The lowest BCUT2D eigenvalue weighted by Crippen LogP contribution is -2.32. The van der Waals surface area contributed by atoms with Crippen LogP contribution < -0.4 is 9.47 Å². The molecule has 4 heteroatoms. The van der Waals surface area contributed by atoms with Gasteiger partial charge in [0.15, 0.2) is 11.5 Å². The number of hydrogen-bond donors (Lipinski definition) is 0. The summed E-state index contributed by atoms with van der Waals surface area (Å²) in [6.07, 6.45) is 2.90. The Kier molecular flexibility index (Phi) is 5.16. The van der Waals surface area contributed by atoms with Gasteiger partial charge in [0.1, 0.15) is 6.29 Å². The molecule has 0 saturated carbocycles. The summed E-state index contributed by atoms with van der Waals surface area (Å²) in [5.74, 6) is 1.60. The Hall–Kier alpha value is -2.33. The Labute approximate surface area is 143 Å². The Bertz CT molecular complexity index is 710. The number of rotatable bonds is 6. The third-order valence-electron chi connectivity index (χ3n) is 4.63. The van der Waals surface area contributed by atoms with Crippen molar-refractivity contribution >= 4 is 6.29 Å². The molecule has 0 spiro atoms. The zero-order chi connectivity index (χ0) is 16.9. The molecule has 2 aromatic rings. The molecule has 2 aromatic carbocycles. The summed E-state index contributed by atoms with van der Waals surface area (Å²) >= 11 is 0. The van der Waals surface area contributed by atoms with Crippen LogP contribution in [-0.4, -0.2) is 38.5 Å². The number of aldehydes is 1. The zero-order valence-electron chi connectivity index (χ0n) is 14.2. The second-order valence-electron chi connectivity index (χ2n) is 6.11. The molecule has 1 heterocycles. The number of benzene rings is 2. The molecule has 0 amide bonds. The van der Waals surface area contributed by atoms with E-state index in [4.69, 9.17) is 9.47 Å². The molecule has 0 aliphatic carbocycles. The monoisotopic (exact) mass is 325 g/mol. The van der Waals surface area contributed by atoms with Crippen LogP contribution in [-0.2, 0) is 19.4 Å². The normalized spacial score (nSPS) is 14.1. The van der Waals surface area contributed by atoms with Crippen molar-refractivity contribution in [2.45, 2.75) is 19.4 Å². The number of methoxy groups -OCH3 is 2. The van der Waals surface area contributed by atoms with Gasteiger partial charge in [-0.1, -0.05) is 24.3 Å². The minimum atomic E-state index is 0.728. The lowest BCUT2D eigenvalue weighted by atomic mass is 9.98. The molecule has 0 bridgehead atoms. The average molecular weight is 325 g/mol. The maximum absolute atomic E-state index is 10.7. The summed E-state index contributed by atoms with van der Waals surface area (Å²) in [7, 11) is 3.35. The van der Waals surface area contributed by atoms with E-state index in [0.29, 0.717) is 0 Å².